The first-order valence-corrected chi connectivity index (χ1v) is 8.16. The Kier molecular flexibility index (Phi) is 3.96. The zero-order valence-electron chi connectivity index (χ0n) is 12.7. The summed E-state index contributed by atoms with van der Waals surface area (Å²) in [6.07, 6.45) is 0. The highest BCUT2D eigenvalue weighted by atomic mass is 32.2. The van der Waals surface area contributed by atoms with Crippen molar-refractivity contribution in [1.29, 1.82) is 0 Å². The summed E-state index contributed by atoms with van der Waals surface area (Å²) in [7, 11) is -3.66. The number of aryl methyl sites for hydroxylation is 2. The summed E-state index contributed by atoms with van der Waals surface area (Å²) in [4.78, 5) is 0.264. The lowest BCUT2D eigenvalue weighted by Crippen LogP contribution is -2.17. The number of anilines is 2. The van der Waals surface area contributed by atoms with Gasteiger partial charge in [0, 0.05) is 11.4 Å². The molecule has 2 rings (SSSR count). The van der Waals surface area contributed by atoms with Crippen LogP contribution in [0.15, 0.2) is 35.2 Å². The Morgan fingerprint density at radius 2 is 1.52 bits per heavy atom. The zero-order chi connectivity index (χ0) is 15.8. The largest absolute Gasteiger partial charge is 0.398 e. The molecule has 2 aromatic rings. The maximum atomic E-state index is 12.7. The third-order valence-electron chi connectivity index (χ3n) is 3.65. The highest BCUT2D eigenvalue weighted by Crippen LogP contribution is 2.29. The fourth-order valence-electron chi connectivity index (χ4n) is 2.27. The van der Waals surface area contributed by atoms with Crippen molar-refractivity contribution in [3.63, 3.8) is 0 Å². The van der Waals surface area contributed by atoms with Crippen molar-refractivity contribution in [3.05, 3.63) is 52.6 Å². The highest BCUT2D eigenvalue weighted by Gasteiger charge is 2.22. The van der Waals surface area contributed by atoms with Crippen LogP contribution in [0.5, 0.6) is 0 Å². The van der Waals surface area contributed by atoms with Crippen molar-refractivity contribution in [2.24, 2.45) is 0 Å². The third-order valence-corrected chi connectivity index (χ3v) is 5.30. The molecular formula is C16H20N2O2S. The summed E-state index contributed by atoms with van der Waals surface area (Å²) >= 11 is 0. The summed E-state index contributed by atoms with van der Waals surface area (Å²) in [5.41, 5.74) is 10.2. The Balaban J connectivity index is 2.52. The van der Waals surface area contributed by atoms with Crippen molar-refractivity contribution in [2.45, 2.75) is 32.6 Å². The molecule has 0 saturated carbocycles. The molecule has 0 unspecified atom stereocenters. The summed E-state index contributed by atoms with van der Waals surface area (Å²) in [5.74, 6) is 0. The maximum absolute atomic E-state index is 12.7. The van der Waals surface area contributed by atoms with Crippen molar-refractivity contribution < 1.29 is 8.42 Å². The number of hydrogen-bond acceptors (Lipinski definition) is 3. The molecule has 0 heterocycles. The monoisotopic (exact) mass is 304 g/mol. The number of hydrogen-bond donors (Lipinski definition) is 2. The minimum Gasteiger partial charge on any atom is -0.398 e. The molecule has 2 aromatic carbocycles. The van der Waals surface area contributed by atoms with E-state index in [-0.39, 0.29) is 4.90 Å². The van der Waals surface area contributed by atoms with Crippen LogP contribution in [0.3, 0.4) is 0 Å². The molecule has 0 fully saturated rings. The van der Waals surface area contributed by atoms with Crippen LogP contribution in [-0.4, -0.2) is 8.42 Å². The molecule has 21 heavy (non-hydrogen) atoms. The number of nitrogens with two attached hydrogens (primary N) is 1. The van der Waals surface area contributed by atoms with Crippen LogP contribution in [0.25, 0.3) is 0 Å². The summed E-state index contributed by atoms with van der Waals surface area (Å²) < 4.78 is 27.9. The van der Waals surface area contributed by atoms with E-state index in [0.717, 1.165) is 16.7 Å². The van der Waals surface area contributed by atoms with Crippen LogP contribution in [0, 0.1) is 27.7 Å². The minimum absolute atomic E-state index is 0.264. The standard InChI is InChI=1S/C16H20N2O2S/c1-10-5-7-14(8-6-10)18-21(19,20)16-12(3)11(2)9-15(17)13(16)4/h5-9,18H,17H2,1-4H3. The van der Waals surface area contributed by atoms with Crippen LogP contribution in [0.1, 0.15) is 22.3 Å². The van der Waals surface area contributed by atoms with Crippen molar-refractivity contribution in [2.75, 3.05) is 10.5 Å². The van der Waals surface area contributed by atoms with Crippen LogP contribution < -0.4 is 10.5 Å². The van der Waals surface area contributed by atoms with Gasteiger partial charge in [-0.1, -0.05) is 17.7 Å². The van der Waals surface area contributed by atoms with Crippen molar-refractivity contribution >= 4 is 21.4 Å². The second kappa shape index (κ2) is 5.41. The topological polar surface area (TPSA) is 72.2 Å². The van der Waals surface area contributed by atoms with E-state index in [2.05, 4.69) is 4.72 Å². The molecule has 5 heteroatoms. The lowest BCUT2D eigenvalue weighted by molar-refractivity contribution is 0.600. The maximum Gasteiger partial charge on any atom is 0.262 e. The van der Waals surface area contributed by atoms with E-state index in [1.807, 2.05) is 26.0 Å². The summed E-state index contributed by atoms with van der Waals surface area (Å²) in [6.45, 7) is 7.33. The Labute approximate surface area is 126 Å². The van der Waals surface area contributed by atoms with Gasteiger partial charge in [0.1, 0.15) is 0 Å². The molecule has 4 nitrogen and oxygen atoms in total. The Hall–Kier alpha value is -2.01. The average Bonchev–Trinajstić information content (AvgIpc) is 2.39. The Bertz CT molecular complexity index is 753. The highest BCUT2D eigenvalue weighted by molar-refractivity contribution is 7.92. The van der Waals surface area contributed by atoms with Gasteiger partial charge in [0.15, 0.2) is 0 Å². The van der Waals surface area contributed by atoms with Crippen molar-refractivity contribution in [1.82, 2.24) is 0 Å². The number of nitrogens with one attached hydrogen (secondary N) is 1. The van der Waals surface area contributed by atoms with E-state index in [1.165, 1.54) is 0 Å². The first-order chi connectivity index (χ1) is 9.72. The molecule has 0 aliphatic rings. The van der Waals surface area contributed by atoms with Gasteiger partial charge in [-0.05, 0) is 62.6 Å². The average molecular weight is 304 g/mol. The summed E-state index contributed by atoms with van der Waals surface area (Å²) in [5, 5.41) is 0. The second-order valence-electron chi connectivity index (χ2n) is 5.33. The minimum atomic E-state index is -3.66. The molecule has 0 spiro atoms. The fraction of sp³-hybridized carbons (Fsp3) is 0.250. The van der Waals surface area contributed by atoms with E-state index >= 15 is 0 Å². The molecule has 0 amide bonds. The molecular weight excluding hydrogens is 284 g/mol. The molecule has 0 aromatic heterocycles. The second-order valence-corrected chi connectivity index (χ2v) is 6.95. The lowest BCUT2D eigenvalue weighted by Gasteiger charge is -2.16. The molecule has 0 aliphatic carbocycles. The van der Waals surface area contributed by atoms with Gasteiger partial charge in [0.05, 0.1) is 4.90 Å². The molecule has 0 radical (unpaired) electrons. The summed E-state index contributed by atoms with van der Waals surface area (Å²) in [6, 6.07) is 9.02. The number of benzene rings is 2. The van der Waals surface area contributed by atoms with E-state index in [9.17, 15) is 8.42 Å². The molecule has 112 valence electrons. The van der Waals surface area contributed by atoms with Gasteiger partial charge in [-0.3, -0.25) is 4.72 Å². The van der Waals surface area contributed by atoms with Gasteiger partial charge < -0.3 is 5.73 Å². The van der Waals surface area contributed by atoms with Gasteiger partial charge in [0.2, 0.25) is 0 Å². The van der Waals surface area contributed by atoms with E-state index < -0.39 is 10.0 Å². The van der Waals surface area contributed by atoms with Gasteiger partial charge in [0.25, 0.3) is 10.0 Å². The first kappa shape index (κ1) is 15.4. The van der Waals surface area contributed by atoms with Crippen LogP contribution >= 0.6 is 0 Å². The normalized spacial score (nSPS) is 11.4. The zero-order valence-corrected chi connectivity index (χ0v) is 13.5. The molecule has 0 atom stereocenters. The van der Waals surface area contributed by atoms with Gasteiger partial charge in [-0.2, -0.15) is 0 Å². The number of rotatable bonds is 3. The van der Waals surface area contributed by atoms with Crippen LogP contribution in [0.2, 0.25) is 0 Å². The fourth-order valence-corrected chi connectivity index (χ4v) is 3.91. The van der Waals surface area contributed by atoms with Gasteiger partial charge in [-0.15, -0.1) is 0 Å². The number of nitrogen functional groups attached to an aromatic ring is 1. The van der Waals surface area contributed by atoms with Gasteiger partial charge >= 0.3 is 0 Å². The number of sulfonamides is 1. The van der Waals surface area contributed by atoms with E-state index in [0.29, 0.717) is 16.9 Å². The third kappa shape index (κ3) is 3.03. The molecule has 0 saturated heterocycles. The van der Waals surface area contributed by atoms with Crippen molar-refractivity contribution in [3.8, 4) is 0 Å². The van der Waals surface area contributed by atoms with E-state index in [1.54, 1.807) is 32.0 Å². The molecule has 0 aliphatic heterocycles. The SMILES string of the molecule is Cc1ccc(NS(=O)(=O)c2c(C)c(C)cc(N)c2C)cc1. The molecule has 0 bridgehead atoms. The lowest BCUT2D eigenvalue weighted by atomic mass is 10.1. The first-order valence-electron chi connectivity index (χ1n) is 6.68. The predicted molar refractivity (Wildman–Crippen MR) is 87.1 cm³/mol. The van der Waals surface area contributed by atoms with Gasteiger partial charge in [-0.25, -0.2) is 8.42 Å². The van der Waals surface area contributed by atoms with E-state index in [4.69, 9.17) is 5.73 Å². The smallest absolute Gasteiger partial charge is 0.262 e. The van der Waals surface area contributed by atoms with Crippen LogP contribution in [0.4, 0.5) is 11.4 Å². The molecule has 3 N–H and O–H groups in total. The predicted octanol–water partition coefficient (Wildman–Crippen LogP) is 3.30. The quantitative estimate of drug-likeness (QED) is 0.855. The Morgan fingerprint density at radius 3 is 2.10 bits per heavy atom. The Morgan fingerprint density at radius 1 is 0.952 bits per heavy atom. The van der Waals surface area contributed by atoms with Crippen LogP contribution in [-0.2, 0) is 10.0 Å².